The van der Waals surface area contributed by atoms with Crippen LogP contribution in [-0.2, 0) is 14.1 Å². The van der Waals surface area contributed by atoms with E-state index in [0.29, 0.717) is 24.8 Å². The zero-order chi connectivity index (χ0) is 18.1. The maximum absolute atomic E-state index is 11.9. The van der Waals surface area contributed by atoms with Crippen molar-refractivity contribution in [2.45, 2.75) is 50.6 Å². The molecule has 1 fully saturated rings. The maximum atomic E-state index is 11.9. The molecule has 1 saturated carbocycles. The molecule has 0 aromatic carbocycles. The third kappa shape index (κ3) is 4.21. The number of carboxylic acid groups (broad SMARTS) is 1. The number of nitrogens with zero attached hydrogens (tertiary/aromatic N) is 1. The molecule has 1 aromatic rings. The van der Waals surface area contributed by atoms with Crippen LogP contribution in [0.1, 0.15) is 37.3 Å². The third-order valence-corrected chi connectivity index (χ3v) is 4.93. The van der Waals surface area contributed by atoms with Gasteiger partial charge in [-0.3, -0.25) is 18.9 Å². The number of aromatic nitrogens is 2. The Bertz CT molecular complexity index is 779. The molecule has 4 N–H and O–H groups in total. The SMILES string of the molecule is Cc1cn(C2CCCC(OC(C(=O)O)P(=O)(O)O)C2)c(=O)[nH]c1=O. The van der Waals surface area contributed by atoms with Gasteiger partial charge in [0.2, 0.25) is 0 Å². The van der Waals surface area contributed by atoms with Crippen molar-refractivity contribution in [3.63, 3.8) is 0 Å². The van der Waals surface area contributed by atoms with Gasteiger partial charge in [-0.1, -0.05) is 0 Å². The van der Waals surface area contributed by atoms with E-state index in [2.05, 4.69) is 4.98 Å². The minimum atomic E-state index is -4.95. The number of aromatic amines is 1. The van der Waals surface area contributed by atoms with Crippen molar-refractivity contribution < 1.29 is 29.0 Å². The molecule has 0 spiro atoms. The first-order chi connectivity index (χ1) is 11.1. The second-order valence-electron chi connectivity index (χ2n) is 5.84. The monoisotopic (exact) mass is 362 g/mol. The summed E-state index contributed by atoms with van der Waals surface area (Å²) in [7, 11) is -4.95. The Morgan fingerprint density at radius 2 is 2.08 bits per heavy atom. The van der Waals surface area contributed by atoms with Gasteiger partial charge in [-0.15, -0.1) is 0 Å². The first kappa shape index (κ1) is 18.6. The highest BCUT2D eigenvalue weighted by Gasteiger charge is 2.40. The highest BCUT2D eigenvalue weighted by Crippen LogP contribution is 2.44. The zero-order valence-corrected chi connectivity index (χ0v) is 13.8. The van der Waals surface area contributed by atoms with E-state index in [1.807, 2.05) is 0 Å². The van der Waals surface area contributed by atoms with Crippen molar-refractivity contribution >= 4 is 13.6 Å². The van der Waals surface area contributed by atoms with Gasteiger partial charge in [0.25, 0.3) is 11.4 Å². The zero-order valence-electron chi connectivity index (χ0n) is 12.9. The molecule has 1 aromatic heterocycles. The first-order valence-corrected chi connectivity index (χ1v) is 9.03. The number of nitrogens with one attached hydrogen (secondary N) is 1. The molecule has 11 heteroatoms. The van der Waals surface area contributed by atoms with Crippen molar-refractivity contribution in [3.8, 4) is 0 Å². The molecule has 1 heterocycles. The summed E-state index contributed by atoms with van der Waals surface area (Å²) in [6, 6.07) is -0.349. The summed E-state index contributed by atoms with van der Waals surface area (Å²) in [6.07, 6.45) is 2.56. The van der Waals surface area contributed by atoms with E-state index in [1.54, 1.807) is 6.92 Å². The van der Waals surface area contributed by atoms with Crippen LogP contribution in [0.15, 0.2) is 15.8 Å². The molecule has 1 aliphatic carbocycles. The number of hydrogen-bond donors (Lipinski definition) is 4. The number of aryl methyl sites for hydroxylation is 1. The van der Waals surface area contributed by atoms with E-state index < -0.39 is 36.8 Å². The lowest BCUT2D eigenvalue weighted by molar-refractivity contribution is -0.150. The molecule has 24 heavy (non-hydrogen) atoms. The van der Waals surface area contributed by atoms with Crippen LogP contribution in [0.5, 0.6) is 0 Å². The van der Waals surface area contributed by atoms with Crippen LogP contribution in [0.3, 0.4) is 0 Å². The van der Waals surface area contributed by atoms with Gasteiger partial charge in [-0.25, -0.2) is 9.59 Å². The fourth-order valence-electron chi connectivity index (χ4n) is 2.82. The van der Waals surface area contributed by atoms with E-state index in [1.165, 1.54) is 10.8 Å². The van der Waals surface area contributed by atoms with Gasteiger partial charge >= 0.3 is 19.3 Å². The topological polar surface area (TPSA) is 159 Å². The van der Waals surface area contributed by atoms with Gasteiger partial charge in [-0.2, -0.15) is 0 Å². The summed E-state index contributed by atoms with van der Waals surface area (Å²) in [5.41, 5.74) is -0.704. The minimum absolute atomic E-state index is 0.217. The molecule has 3 unspecified atom stereocenters. The fraction of sp³-hybridized carbons (Fsp3) is 0.615. The van der Waals surface area contributed by atoms with Crippen LogP contribution < -0.4 is 11.2 Å². The summed E-state index contributed by atoms with van der Waals surface area (Å²) >= 11 is 0. The summed E-state index contributed by atoms with van der Waals surface area (Å²) in [6.45, 7) is 1.56. The van der Waals surface area contributed by atoms with E-state index in [4.69, 9.17) is 19.6 Å². The number of hydrogen-bond acceptors (Lipinski definition) is 5. The van der Waals surface area contributed by atoms with Crippen molar-refractivity contribution in [1.29, 1.82) is 0 Å². The number of aliphatic carboxylic acids is 1. The lowest BCUT2D eigenvalue weighted by Gasteiger charge is -2.32. The Morgan fingerprint density at radius 1 is 1.42 bits per heavy atom. The predicted octanol–water partition coefficient (Wildman–Crippen LogP) is -0.0663. The van der Waals surface area contributed by atoms with Crippen LogP contribution in [0.25, 0.3) is 0 Å². The van der Waals surface area contributed by atoms with Crippen molar-refractivity contribution in [3.05, 3.63) is 32.6 Å². The molecular weight excluding hydrogens is 343 g/mol. The highest BCUT2D eigenvalue weighted by atomic mass is 31.2. The van der Waals surface area contributed by atoms with Crippen LogP contribution in [-0.4, -0.2) is 42.4 Å². The number of carboxylic acids is 1. The number of carbonyl (C=O) groups is 1. The highest BCUT2D eigenvalue weighted by molar-refractivity contribution is 7.53. The van der Waals surface area contributed by atoms with Gasteiger partial charge in [0.15, 0.2) is 0 Å². The second kappa shape index (κ2) is 7.02. The van der Waals surface area contributed by atoms with Gasteiger partial charge in [0.1, 0.15) is 0 Å². The Morgan fingerprint density at radius 3 is 2.67 bits per heavy atom. The molecular formula is C13H19N2O8P. The number of ether oxygens (including phenoxy) is 1. The molecule has 0 saturated heterocycles. The molecule has 3 atom stereocenters. The van der Waals surface area contributed by atoms with Crippen LogP contribution in [0.2, 0.25) is 0 Å². The van der Waals surface area contributed by atoms with E-state index in [0.717, 1.165) is 0 Å². The second-order valence-corrected chi connectivity index (χ2v) is 7.48. The summed E-state index contributed by atoms with van der Waals surface area (Å²) in [5, 5.41) is 8.92. The summed E-state index contributed by atoms with van der Waals surface area (Å²) in [5.74, 6) is -3.96. The standard InChI is InChI=1S/C13H19N2O8P/c1-7-6-15(13(19)14-10(7)16)8-3-2-4-9(5-8)23-12(11(17)18)24(20,21)22/h6,8-9,12H,2-5H2,1H3,(H,17,18)(H,14,16,19)(H2,20,21,22). The first-order valence-electron chi connectivity index (χ1n) is 7.35. The summed E-state index contributed by atoms with van der Waals surface area (Å²) in [4.78, 5) is 54.7. The van der Waals surface area contributed by atoms with E-state index in [9.17, 15) is 18.9 Å². The molecule has 0 amide bonds. The quantitative estimate of drug-likeness (QED) is 0.530. The van der Waals surface area contributed by atoms with Crippen molar-refractivity contribution in [1.82, 2.24) is 9.55 Å². The average molecular weight is 362 g/mol. The molecule has 2 rings (SSSR count). The molecule has 10 nitrogen and oxygen atoms in total. The summed E-state index contributed by atoms with van der Waals surface area (Å²) < 4.78 is 17.7. The molecule has 134 valence electrons. The average Bonchev–Trinajstić information content (AvgIpc) is 2.47. The van der Waals surface area contributed by atoms with Crippen LogP contribution in [0, 0.1) is 6.92 Å². The van der Waals surface area contributed by atoms with Gasteiger partial charge < -0.3 is 19.6 Å². The third-order valence-electron chi connectivity index (χ3n) is 3.98. The van der Waals surface area contributed by atoms with Crippen molar-refractivity contribution in [2.75, 3.05) is 0 Å². The smallest absolute Gasteiger partial charge is 0.365 e. The molecule has 1 aliphatic rings. The lowest BCUT2D eigenvalue weighted by atomic mass is 9.92. The number of rotatable bonds is 5. The Hall–Kier alpha value is -1.74. The Balaban J connectivity index is 2.19. The van der Waals surface area contributed by atoms with Gasteiger partial charge in [0, 0.05) is 17.8 Å². The fourth-order valence-corrected chi connectivity index (χ4v) is 3.44. The van der Waals surface area contributed by atoms with Crippen LogP contribution in [0.4, 0.5) is 0 Å². The van der Waals surface area contributed by atoms with Gasteiger partial charge in [-0.05, 0) is 32.6 Å². The maximum Gasteiger partial charge on any atom is 0.365 e. The van der Waals surface area contributed by atoms with Gasteiger partial charge in [0.05, 0.1) is 6.10 Å². The lowest BCUT2D eigenvalue weighted by Crippen LogP contribution is -2.38. The molecule has 0 bridgehead atoms. The van der Waals surface area contributed by atoms with Crippen LogP contribution >= 0.6 is 7.60 Å². The largest absolute Gasteiger partial charge is 0.479 e. The normalized spacial score (nSPS) is 23.0. The Labute approximate surface area is 136 Å². The van der Waals surface area contributed by atoms with E-state index >= 15 is 0 Å². The number of H-pyrrole nitrogens is 1. The molecule has 0 aliphatic heterocycles. The molecule has 0 radical (unpaired) electrons. The Kier molecular flexibility index (Phi) is 5.44. The predicted molar refractivity (Wildman–Crippen MR) is 81.9 cm³/mol. The van der Waals surface area contributed by atoms with Crippen molar-refractivity contribution in [2.24, 2.45) is 0 Å². The van der Waals surface area contributed by atoms with E-state index in [-0.39, 0.29) is 12.5 Å². The minimum Gasteiger partial charge on any atom is -0.479 e.